The Hall–Kier alpha value is -6.19. The van der Waals surface area contributed by atoms with Crippen LogP contribution in [-0.4, -0.2) is 144 Å². The van der Waals surface area contributed by atoms with E-state index in [1.54, 1.807) is 21.7 Å². The highest BCUT2D eigenvalue weighted by molar-refractivity contribution is 7.85. The number of piperidine rings is 3. The number of carbonyl (C=O) groups is 2. The van der Waals surface area contributed by atoms with Crippen LogP contribution in [0.2, 0.25) is 0 Å². The van der Waals surface area contributed by atoms with Crippen molar-refractivity contribution in [3.8, 4) is 11.5 Å². The number of aryl methyl sites for hydroxylation is 4. The Labute approximate surface area is 431 Å². The van der Waals surface area contributed by atoms with E-state index in [-0.39, 0.29) is 36.1 Å². The maximum absolute atomic E-state index is 12.7. The van der Waals surface area contributed by atoms with Crippen molar-refractivity contribution in [1.82, 2.24) is 39.9 Å². The Morgan fingerprint density at radius 2 is 1.25 bits per heavy atom. The SMILES string of the molecule is CN1C[C@@H](Nc2nc(N3CCC(Oc4ccccc4)CC3)nc3c2S(=O)CC3)CCC1=O.Cc1nn(C)cc1CNC(=O)c1ccc(OC2CCN(c3nc4c(c(NC5CCOCC5)n3)S(=O)CC4)CC2)cc1. The molecule has 0 saturated carbocycles. The Kier molecular flexibility index (Phi) is 15.8. The lowest BCUT2D eigenvalue weighted by molar-refractivity contribution is -0.132. The highest BCUT2D eigenvalue weighted by Crippen LogP contribution is 2.34. The number of hydrogen-bond donors (Lipinski definition) is 3. The zero-order valence-electron chi connectivity index (χ0n) is 41.9. The number of likely N-dealkylation sites (tertiary alicyclic amines) is 1. The summed E-state index contributed by atoms with van der Waals surface area (Å²) >= 11 is 0. The maximum Gasteiger partial charge on any atom is 0.251 e. The molecule has 2 aromatic carbocycles. The molecule has 21 heteroatoms. The normalized spacial score (nSPS) is 21.5. The molecule has 9 heterocycles. The molecule has 4 fully saturated rings. The Balaban J connectivity index is 0.000000173. The first-order valence-electron chi connectivity index (χ1n) is 25.7. The van der Waals surface area contributed by atoms with Crippen LogP contribution in [0.1, 0.15) is 84.4 Å². The summed E-state index contributed by atoms with van der Waals surface area (Å²) < 4.78 is 45.0. The van der Waals surface area contributed by atoms with Crippen LogP contribution < -0.4 is 35.2 Å². The molecule has 11 rings (SSSR count). The van der Waals surface area contributed by atoms with E-state index in [0.29, 0.717) is 60.7 Å². The van der Waals surface area contributed by atoms with Crippen molar-refractivity contribution in [3.05, 3.63) is 89.0 Å². The van der Waals surface area contributed by atoms with Crippen molar-refractivity contribution in [2.75, 3.05) is 84.9 Å². The summed E-state index contributed by atoms with van der Waals surface area (Å²) in [4.78, 5) is 51.5. The van der Waals surface area contributed by atoms with E-state index < -0.39 is 21.6 Å². The number of hydrogen-bond acceptors (Lipinski definition) is 16. The van der Waals surface area contributed by atoms with Gasteiger partial charge in [0.1, 0.15) is 45.1 Å². The number of nitrogens with zero attached hydrogens (tertiary/aromatic N) is 9. The van der Waals surface area contributed by atoms with Crippen molar-refractivity contribution >= 4 is 56.9 Å². The molecule has 0 spiro atoms. The molecule has 73 heavy (non-hydrogen) atoms. The van der Waals surface area contributed by atoms with E-state index in [9.17, 15) is 18.0 Å². The summed E-state index contributed by atoms with van der Waals surface area (Å²) in [5.74, 6) is 5.71. The quantitative estimate of drug-likeness (QED) is 0.142. The summed E-state index contributed by atoms with van der Waals surface area (Å²) in [6.07, 6.45) is 10.2. The van der Waals surface area contributed by atoms with E-state index in [1.807, 2.05) is 69.7 Å². The number of aromatic nitrogens is 6. The van der Waals surface area contributed by atoms with Gasteiger partial charge >= 0.3 is 0 Å². The number of amides is 2. The third kappa shape index (κ3) is 12.3. The van der Waals surface area contributed by atoms with Gasteiger partial charge in [-0.05, 0) is 62.6 Å². The monoisotopic (exact) mass is 1030 g/mol. The van der Waals surface area contributed by atoms with Gasteiger partial charge in [-0.25, -0.2) is 9.97 Å². The van der Waals surface area contributed by atoms with Crippen LogP contribution in [0.4, 0.5) is 23.5 Å². The van der Waals surface area contributed by atoms with Crippen LogP contribution in [0.25, 0.3) is 0 Å². The Bertz CT molecular complexity index is 2800. The molecule has 3 N–H and O–H groups in total. The van der Waals surface area contributed by atoms with Crippen molar-refractivity contribution in [1.29, 1.82) is 0 Å². The molecule has 0 bridgehead atoms. The lowest BCUT2D eigenvalue weighted by Gasteiger charge is -2.33. The highest BCUT2D eigenvalue weighted by Gasteiger charge is 2.33. The first-order valence-corrected chi connectivity index (χ1v) is 28.3. The summed E-state index contributed by atoms with van der Waals surface area (Å²) in [5.41, 5.74) is 4.29. The number of ether oxygens (including phenoxy) is 3. The van der Waals surface area contributed by atoms with Crippen LogP contribution >= 0.6 is 0 Å². The number of benzene rings is 2. The molecule has 5 aromatic rings. The molecule has 2 unspecified atom stereocenters. The van der Waals surface area contributed by atoms with Crippen molar-refractivity contribution < 1.29 is 32.2 Å². The highest BCUT2D eigenvalue weighted by atomic mass is 32.2. The molecular formula is C52H66N12O7S2. The second kappa shape index (κ2) is 22.9. The van der Waals surface area contributed by atoms with Crippen LogP contribution in [0.3, 0.4) is 0 Å². The van der Waals surface area contributed by atoms with Crippen LogP contribution in [0, 0.1) is 6.92 Å². The van der Waals surface area contributed by atoms with Gasteiger partial charge in [-0.1, -0.05) is 18.2 Å². The molecule has 4 saturated heterocycles. The van der Waals surface area contributed by atoms with E-state index >= 15 is 0 Å². The van der Waals surface area contributed by atoms with Gasteiger partial charge in [-0.2, -0.15) is 15.1 Å². The lowest BCUT2D eigenvalue weighted by Crippen LogP contribution is -2.43. The fraction of sp³-hybridized carbons (Fsp3) is 0.519. The van der Waals surface area contributed by atoms with E-state index in [4.69, 9.17) is 34.1 Å². The number of fused-ring (bicyclic) bond motifs is 2. The third-order valence-electron chi connectivity index (χ3n) is 14.4. The fourth-order valence-corrected chi connectivity index (χ4v) is 12.8. The molecule has 388 valence electrons. The standard InChI is InChI=1S/C29H37N7O4S.C23H29N5O3S/c1-19-21(18-35(2)34-19)17-30-28(37)20-3-5-23(6-4-20)40-24-7-12-36(13-8-24)29-32-25-11-16-41(38)26(25)27(33-29)31-22-9-14-39-15-10-22;1-27-15-16(7-8-20(27)29)24-22-21-19(11-14-32(21)30)25-23(26-22)28-12-9-18(10-13-28)31-17-5-3-2-4-6-17/h3-6,18,22,24H,7-17H2,1-2H3,(H,30,37)(H,31,32,33);2-6,16,18H,7-15H2,1H3,(H,24,25,26)/t;16-,32?/m.0/s1. The molecule has 6 aliphatic heterocycles. The van der Waals surface area contributed by atoms with Crippen LogP contribution in [-0.2, 0) is 57.6 Å². The van der Waals surface area contributed by atoms with Gasteiger partial charge in [0.2, 0.25) is 17.8 Å². The van der Waals surface area contributed by atoms with Gasteiger partial charge in [-0.15, -0.1) is 0 Å². The number of likely N-dealkylation sites (N-methyl/N-ethyl adjacent to an activating group) is 1. The molecule has 3 aromatic heterocycles. The molecule has 3 atom stereocenters. The first-order chi connectivity index (χ1) is 35.5. The summed E-state index contributed by atoms with van der Waals surface area (Å²) in [5, 5.41) is 14.3. The largest absolute Gasteiger partial charge is 0.490 e. The average molecular weight is 1040 g/mol. The van der Waals surface area contributed by atoms with E-state index in [1.165, 1.54) is 0 Å². The van der Waals surface area contributed by atoms with E-state index in [0.717, 1.165) is 141 Å². The second-order valence-corrected chi connectivity index (χ2v) is 22.6. The van der Waals surface area contributed by atoms with Crippen molar-refractivity contribution in [3.63, 3.8) is 0 Å². The van der Waals surface area contributed by atoms with Gasteiger partial charge in [0.15, 0.2) is 0 Å². The van der Waals surface area contributed by atoms with Gasteiger partial charge in [0, 0.05) is 152 Å². The molecular weight excluding hydrogens is 969 g/mol. The molecule has 0 aliphatic carbocycles. The number of rotatable bonds is 13. The lowest BCUT2D eigenvalue weighted by atomic mass is 10.1. The fourth-order valence-electron chi connectivity index (χ4n) is 10.2. The Morgan fingerprint density at radius 1 is 0.699 bits per heavy atom. The predicted molar refractivity (Wildman–Crippen MR) is 279 cm³/mol. The molecule has 0 radical (unpaired) electrons. The minimum Gasteiger partial charge on any atom is -0.490 e. The number of carbonyl (C=O) groups excluding carboxylic acids is 2. The summed E-state index contributed by atoms with van der Waals surface area (Å²) in [7, 11) is 1.56. The number of nitrogens with one attached hydrogen (secondary N) is 3. The zero-order chi connectivity index (χ0) is 50.4. The number of anilines is 4. The van der Waals surface area contributed by atoms with Crippen molar-refractivity contribution in [2.45, 2.75) is 112 Å². The minimum absolute atomic E-state index is 0.0706. The summed E-state index contributed by atoms with van der Waals surface area (Å²) in [6.45, 7) is 7.65. The predicted octanol–water partition coefficient (Wildman–Crippen LogP) is 4.97. The molecule has 19 nitrogen and oxygen atoms in total. The van der Waals surface area contributed by atoms with Crippen molar-refractivity contribution in [2.24, 2.45) is 7.05 Å². The maximum atomic E-state index is 12.7. The number of para-hydroxylation sites is 1. The average Bonchev–Trinajstić information content (AvgIpc) is 4.09. The van der Waals surface area contributed by atoms with Gasteiger partial charge in [0.25, 0.3) is 5.91 Å². The van der Waals surface area contributed by atoms with E-state index in [2.05, 4.69) is 30.8 Å². The smallest absolute Gasteiger partial charge is 0.251 e. The minimum atomic E-state index is -1.08. The van der Waals surface area contributed by atoms with Crippen LogP contribution in [0.15, 0.2) is 70.6 Å². The Morgan fingerprint density at radius 3 is 1.78 bits per heavy atom. The molecule has 2 amide bonds. The van der Waals surface area contributed by atoms with Gasteiger partial charge < -0.3 is 44.9 Å². The third-order valence-corrected chi connectivity index (χ3v) is 17.3. The van der Waals surface area contributed by atoms with Gasteiger partial charge in [-0.3, -0.25) is 22.7 Å². The zero-order valence-corrected chi connectivity index (χ0v) is 43.6. The van der Waals surface area contributed by atoms with Gasteiger partial charge in [0.05, 0.1) is 38.7 Å². The first kappa shape index (κ1) is 50.3. The van der Waals surface area contributed by atoms with Crippen LogP contribution in [0.5, 0.6) is 11.5 Å². The topological polar surface area (TPSA) is 211 Å². The molecule has 6 aliphatic rings. The second-order valence-electron chi connectivity index (χ2n) is 19.6. The summed E-state index contributed by atoms with van der Waals surface area (Å²) in [6, 6.07) is 17.6.